The summed E-state index contributed by atoms with van der Waals surface area (Å²) in [5.41, 5.74) is 0.524. The van der Waals surface area contributed by atoms with Crippen molar-refractivity contribution in [2.24, 2.45) is 0 Å². The molecule has 3 rings (SSSR count). The van der Waals surface area contributed by atoms with Crippen molar-refractivity contribution in [3.63, 3.8) is 0 Å². The lowest BCUT2D eigenvalue weighted by atomic mass is 10.0. The first-order valence-electron chi connectivity index (χ1n) is 6.54. The first kappa shape index (κ1) is 13.2. The van der Waals surface area contributed by atoms with Gasteiger partial charge in [0.2, 0.25) is 0 Å². The average Bonchev–Trinajstić information content (AvgIpc) is 3.30. The van der Waals surface area contributed by atoms with E-state index in [1.165, 1.54) is 0 Å². The third-order valence-corrected chi connectivity index (χ3v) is 3.36. The van der Waals surface area contributed by atoms with Crippen LogP contribution in [-0.2, 0) is 11.3 Å². The van der Waals surface area contributed by atoms with E-state index in [1.54, 1.807) is 0 Å². The third kappa shape index (κ3) is 2.58. The van der Waals surface area contributed by atoms with Gasteiger partial charge in [-0.3, -0.25) is 0 Å². The van der Waals surface area contributed by atoms with Crippen LogP contribution in [0.5, 0.6) is 5.75 Å². The fourth-order valence-electron chi connectivity index (χ4n) is 2.16. The SMILES string of the molecule is N#CC1(C#N)OC1c1cccc(OCc2ccccc2)c1. The fraction of sp³-hybridized carbons (Fsp3) is 0.176. The Kier molecular flexibility index (Phi) is 3.31. The molecule has 4 nitrogen and oxygen atoms in total. The molecular weight excluding hydrogens is 264 g/mol. The Morgan fingerprint density at radius 1 is 1.05 bits per heavy atom. The molecule has 1 aliphatic rings. The molecule has 4 heteroatoms. The van der Waals surface area contributed by atoms with E-state index >= 15 is 0 Å². The van der Waals surface area contributed by atoms with E-state index in [-0.39, 0.29) is 0 Å². The molecule has 0 aliphatic carbocycles. The summed E-state index contributed by atoms with van der Waals surface area (Å²) in [5.74, 6) is 0.691. The molecule has 0 bridgehead atoms. The summed E-state index contributed by atoms with van der Waals surface area (Å²) in [6.45, 7) is 0.470. The predicted molar refractivity (Wildman–Crippen MR) is 75.0 cm³/mol. The number of rotatable bonds is 4. The molecule has 2 aromatic carbocycles. The van der Waals surface area contributed by atoms with Crippen LogP contribution < -0.4 is 4.74 Å². The summed E-state index contributed by atoms with van der Waals surface area (Å²) >= 11 is 0. The Balaban J connectivity index is 1.71. The highest BCUT2D eigenvalue weighted by Crippen LogP contribution is 2.49. The lowest BCUT2D eigenvalue weighted by Gasteiger charge is -2.07. The number of benzene rings is 2. The zero-order valence-corrected chi connectivity index (χ0v) is 11.2. The maximum absolute atomic E-state index is 8.98. The van der Waals surface area contributed by atoms with Gasteiger partial charge in [0, 0.05) is 0 Å². The van der Waals surface area contributed by atoms with Crippen molar-refractivity contribution in [2.45, 2.75) is 18.3 Å². The lowest BCUT2D eigenvalue weighted by Crippen LogP contribution is -2.04. The van der Waals surface area contributed by atoms with Crippen LogP contribution in [0.2, 0.25) is 0 Å². The first-order valence-corrected chi connectivity index (χ1v) is 6.54. The van der Waals surface area contributed by atoms with Gasteiger partial charge in [-0.05, 0) is 23.3 Å². The molecule has 1 unspecified atom stereocenters. The van der Waals surface area contributed by atoms with Crippen molar-refractivity contribution in [2.75, 3.05) is 0 Å². The smallest absolute Gasteiger partial charge is 0.272 e. The molecule has 102 valence electrons. The topological polar surface area (TPSA) is 69.3 Å². The number of hydrogen-bond donors (Lipinski definition) is 0. The highest BCUT2D eigenvalue weighted by Gasteiger charge is 2.59. The molecule has 0 spiro atoms. The van der Waals surface area contributed by atoms with Crippen LogP contribution in [0.3, 0.4) is 0 Å². The Labute approximate surface area is 122 Å². The first-order chi connectivity index (χ1) is 10.3. The summed E-state index contributed by atoms with van der Waals surface area (Å²) in [6.07, 6.45) is -0.493. The van der Waals surface area contributed by atoms with Gasteiger partial charge in [-0.2, -0.15) is 10.5 Å². The zero-order valence-electron chi connectivity index (χ0n) is 11.2. The molecule has 0 saturated carbocycles. The van der Waals surface area contributed by atoms with Crippen LogP contribution >= 0.6 is 0 Å². The van der Waals surface area contributed by atoms with E-state index < -0.39 is 11.7 Å². The normalized spacial score (nSPS) is 18.3. The third-order valence-electron chi connectivity index (χ3n) is 3.36. The second-order valence-electron chi connectivity index (χ2n) is 4.80. The highest BCUT2D eigenvalue weighted by atomic mass is 16.6. The van der Waals surface area contributed by atoms with Gasteiger partial charge in [0.15, 0.2) is 0 Å². The van der Waals surface area contributed by atoms with E-state index in [2.05, 4.69) is 0 Å². The van der Waals surface area contributed by atoms with Crippen LogP contribution in [0.1, 0.15) is 17.2 Å². The Morgan fingerprint density at radius 3 is 2.48 bits per heavy atom. The molecule has 21 heavy (non-hydrogen) atoms. The molecule has 0 aromatic heterocycles. The van der Waals surface area contributed by atoms with Crippen molar-refractivity contribution < 1.29 is 9.47 Å². The minimum absolute atomic E-state index is 0.470. The molecule has 0 N–H and O–H groups in total. The van der Waals surface area contributed by atoms with Crippen LogP contribution in [-0.4, -0.2) is 5.60 Å². The van der Waals surface area contributed by atoms with Gasteiger partial charge in [-0.15, -0.1) is 0 Å². The molecule has 2 aromatic rings. The maximum atomic E-state index is 8.98. The Morgan fingerprint density at radius 2 is 1.81 bits per heavy atom. The van der Waals surface area contributed by atoms with Crippen molar-refractivity contribution >= 4 is 0 Å². The summed E-state index contributed by atoms with van der Waals surface area (Å²) in [5, 5.41) is 18.0. The standard InChI is InChI=1S/C17H12N2O2/c18-11-17(12-19)16(21-17)14-7-4-8-15(9-14)20-10-13-5-2-1-3-6-13/h1-9,16H,10H2. The minimum Gasteiger partial charge on any atom is -0.489 e. The monoisotopic (exact) mass is 276 g/mol. The summed E-state index contributed by atoms with van der Waals surface area (Å²) in [7, 11) is 0. The zero-order chi connectivity index (χ0) is 14.7. The van der Waals surface area contributed by atoms with E-state index in [0.717, 1.165) is 11.1 Å². The van der Waals surface area contributed by atoms with Crippen molar-refractivity contribution in [1.82, 2.24) is 0 Å². The fourth-order valence-corrected chi connectivity index (χ4v) is 2.16. The molecule has 1 fully saturated rings. The number of hydrogen-bond acceptors (Lipinski definition) is 4. The van der Waals surface area contributed by atoms with Crippen LogP contribution in [0.25, 0.3) is 0 Å². The number of nitriles is 2. The van der Waals surface area contributed by atoms with Gasteiger partial charge in [0.25, 0.3) is 5.60 Å². The van der Waals surface area contributed by atoms with Gasteiger partial charge in [0.05, 0.1) is 0 Å². The molecule has 0 amide bonds. The Hall–Kier alpha value is -2.82. The van der Waals surface area contributed by atoms with Crippen LogP contribution in [0.15, 0.2) is 54.6 Å². The van der Waals surface area contributed by atoms with Crippen molar-refractivity contribution in [1.29, 1.82) is 10.5 Å². The van der Waals surface area contributed by atoms with Gasteiger partial charge in [0.1, 0.15) is 30.6 Å². The summed E-state index contributed by atoms with van der Waals surface area (Å²) in [4.78, 5) is 0. The van der Waals surface area contributed by atoms with E-state index in [4.69, 9.17) is 20.0 Å². The largest absolute Gasteiger partial charge is 0.489 e. The van der Waals surface area contributed by atoms with Crippen molar-refractivity contribution in [3.05, 3.63) is 65.7 Å². The van der Waals surface area contributed by atoms with Crippen molar-refractivity contribution in [3.8, 4) is 17.9 Å². The lowest BCUT2D eigenvalue weighted by molar-refractivity contribution is 0.305. The number of epoxide rings is 1. The van der Waals surface area contributed by atoms with Gasteiger partial charge < -0.3 is 9.47 Å². The molecular formula is C17H12N2O2. The maximum Gasteiger partial charge on any atom is 0.272 e. The van der Waals surface area contributed by atoms with Crippen LogP contribution in [0, 0.1) is 22.7 Å². The second kappa shape index (κ2) is 5.28. The van der Waals surface area contributed by atoms with Crippen LogP contribution in [0.4, 0.5) is 0 Å². The number of nitrogens with zero attached hydrogens (tertiary/aromatic N) is 2. The summed E-state index contributed by atoms with van der Waals surface area (Å²) < 4.78 is 11.0. The Bertz CT molecular complexity index is 714. The molecule has 1 saturated heterocycles. The highest BCUT2D eigenvalue weighted by molar-refractivity contribution is 5.41. The average molecular weight is 276 g/mol. The quantitative estimate of drug-likeness (QED) is 0.804. The van der Waals surface area contributed by atoms with E-state index in [0.29, 0.717) is 12.4 Å². The molecule has 1 atom stereocenters. The molecule has 1 heterocycles. The molecule has 0 radical (unpaired) electrons. The molecule has 1 aliphatic heterocycles. The summed E-state index contributed by atoms with van der Waals surface area (Å²) in [6, 6.07) is 21.0. The number of ether oxygens (including phenoxy) is 2. The van der Waals surface area contributed by atoms with E-state index in [1.807, 2.05) is 66.7 Å². The second-order valence-corrected chi connectivity index (χ2v) is 4.80. The van der Waals surface area contributed by atoms with Gasteiger partial charge >= 0.3 is 0 Å². The predicted octanol–water partition coefficient (Wildman–Crippen LogP) is 3.12. The van der Waals surface area contributed by atoms with Gasteiger partial charge in [-0.25, -0.2) is 0 Å². The van der Waals surface area contributed by atoms with Gasteiger partial charge in [-0.1, -0.05) is 42.5 Å². The minimum atomic E-state index is -1.34. The van der Waals surface area contributed by atoms with E-state index in [9.17, 15) is 0 Å².